The molecule has 0 aromatic heterocycles. The molecule has 2 unspecified atom stereocenters. The molecular formula is C39H39BO5. The number of hydrogen-bond acceptors (Lipinski definition) is 5. The van der Waals surface area contributed by atoms with Crippen LogP contribution in [0, 0.1) is 0 Å². The first-order chi connectivity index (χ1) is 21.8. The minimum atomic E-state index is -0.888. The van der Waals surface area contributed by atoms with E-state index in [1.54, 1.807) is 0 Å². The lowest BCUT2D eigenvalue weighted by molar-refractivity contribution is -0.158. The van der Waals surface area contributed by atoms with E-state index in [1.165, 1.54) is 0 Å². The molecule has 1 saturated heterocycles. The summed E-state index contributed by atoms with van der Waals surface area (Å²) in [5.41, 5.74) is 2.51. The molecule has 0 aliphatic carbocycles. The standard InChI is InChI=1S/C39H39BO5/c1-38(2,3)43-37(41)27-33-26-34(45-40(44-33)36-25-15-17-29-16-13-14-24-35(29)36)28-42-39(30-18-7-4-8-19-30,31-20-9-5-10-21-31)32-22-11-6-12-23-32/h4-25,33-34H,26-28H2,1-3H3. The molecule has 1 heterocycles. The Morgan fingerprint density at radius 1 is 0.689 bits per heavy atom. The zero-order valence-electron chi connectivity index (χ0n) is 26.1. The summed E-state index contributed by atoms with van der Waals surface area (Å²) in [7, 11) is -0.675. The Kier molecular flexibility index (Phi) is 9.18. The highest BCUT2D eigenvalue weighted by Crippen LogP contribution is 2.41. The topological polar surface area (TPSA) is 54.0 Å². The summed E-state index contributed by atoms with van der Waals surface area (Å²) in [5.74, 6) is -0.294. The lowest BCUT2D eigenvalue weighted by Crippen LogP contribution is -2.51. The van der Waals surface area contributed by atoms with Gasteiger partial charge in [0.05, 0.1) is 25.2 Å². The quantitative estimate of drug-likeness (QED) is 0.100. The molecule has 0 N–H and O–H groups in total. The predicted molar refractivity (Wildman–Crippen MR) is 179 cm³/mol. The molecule has 0 radical (unpaired) electrons. The number of fused-ring (bicyclic) bond motifs is 1. The molecule has 2 atom stereocenters. The third kappa shape index (κ3) is 7.04. The lowest BCUT2D eigenvalue weighted by Gasteiger charge is -2.39. The molecule has 0 bridgehead atoms. The van der Waals surface area contributed by atoms with Gasteiger partial charge in [0.15, 0.2) is 0 Å². The highest BCUT2D eigenvalue weighted by Gasteiger charge is 2.42. The number of carbonyl (C=O) groups is 1. The van der Waals surface area contributed by atoms with Gasteiger partial charge in [0.2, 0.25) is 0 Å². The van der Waals surface area contributed by atoms with E-state index in [-0.39, 0.29) is 25.1 Å². The van der Waals surface area contributed by atoms with Gasteiger partial charge in [0.1, 0.15) is 11.2 Å². The van der Waals surface area contributed by atoms with Crippen LogP contribution in [0.1, 0.15) is 50.3 Å². The van der Waals surface area contributed by atoms with Crippen LogP contribution in [0.5, 0.6) is 0 Å². The van der Waals surface area contributed by atoms with E-state index in [9.17, 15) is 4.79 Å². The molecule has 5 nitrogen and oxygen atoms in total. The van der Waals surface area contributed by atoms with E-state index in [1.807, 2.05) is 99.6 Å². The average molecular weight is 599 g/mol. The first-order valence-electron chi connectivity index (χ1n) is 15.6. The van der Waals surface area contributed by atoms with Crippen LogP contribution in [-0.2, 0) is 29.2 Å². The molecule has 1 fully saturated rings. The normalized spacial score (nSPS) is 17.3. The van der Waals surface area contributed by atoms with Crippen molar-refractivity contribution in [3.63, 3.8) is 0 Å². The number of hydrogen-bond donors (Lipinski definition) is 0. The second-order valence-electron chi connectivity index (χ2n) is 12.5. The van der Waals surface area contributed by atoms with Crippen molar-refractivity contribution in [1.29, 1.82) is 0 Å². The Morgan fingerprint density at radius 3 is 1.78 bits per heavy atom. The van der Waals surface area contributed by atoms with Gasteiger partial charge < -0.3 is 18.8 Å². The Bertz CT molecular complexity index is 1600. The summed E-state index contributed by atoms with van der Waals surface area (Å²) in [6.07, 6.45) is -0.162. The fraction of sp³-hybridized carbons (Fsp3) is 0.256. The fourth-order valence-corrected chi connectivity index (χ4v) is 6.18. The smallest absolute Gasteiger partial charge is 0.460 e. The molecule has 1 aliphatic rings. The average Bonchev–Trinajstić information content (AvgIpc) is 3.05. The van der Waals surface area contributed by atoms with E-state index in [4.69, 9.17) is 18.8 Å². The maximum atomic E-state index is 13.0. The largest absolute Gasteiger partial charge is 0.495 e. The minimum Gasteiger partial charge on any atom is -0.460 e. The van der Waals surface area contributed by atoms with E-state index in [0.29, 0.717) is 6.42 Å². The van der Waals surface area contributed by atoms with Crippen molar-refractivity contribution < 1.29 is 23.6 Å². The van der Waals surface area contributed by atoms with Crippen molar-refractivity contribution in [2.45, 2.75) is 57.0 Å². The molecule has 5 aromatic rings. The van der Waals surface area contributed by atoms with Crippen LogP contribution in [0.25, 0.3) is 10.8 Å². The van der Waals surface area contributed by atoms with Gasteiger partial charge in [-0.1, -0.05) is 133 Å². The molecular weight excluding hydrogens is 559 g/mol. The van der Waals surface area contributed by atoms with E-state index < -0.39 is 24.4 Å². The van der Waals surface area contributed by atoms with Crippen LogP contribution in [0.4, 0.5) is 0 Å². The number of esters is 1. The number of benzene rings is 5. The molecule has 0 amide bonds. The second kappa shape index (κ2) is 13.4. The summed E-state index contributed by atoms with van der Waals surface area (Å²) in [4.78, 5) is 13.0. The van der Waals surface area contributed by atoms with E-state index >= 15 is 0 Å². The third-order valence-corrected chi connectivity index (χ3v) is 8.08. The molecule has 6 heteroatoms. The van der Waals surface area contributed by atoms with E-state index in [2.05, 4.69) is 54.6 Å². The maximum Gasteiger partial charge on any atom is 0.495 e. The summed E-state index contributed by atoms with van der Waals surface area (Å²) < 4.78 is 26.0. The summed E-state index contributed by atoms with van der Waals surface area (Å²) in [6.45, 7) is 5.90. The van der Waals surface area contributed by atoms with Crippen LogP contribution in [0.15, 0.2) is 133 Å². The van der Waals surface area contributed by atoms with E-state index in [0.717, 1.165) is 32.9 Å². The van der Waals surface area contributed by atoms with Crippen LogP contribution >= 0.6 is 0 Å². The zero-order valence-corrected chi connectivity index (χ0v) is 26.1. The molecule has 0 saturated carbocycles. The molecule has 45 heavy (non-hydrogen) atoms. The van der Waals surface area contributed by atoms with Gasteiger partial charge in [0.25, 0.3) is 0 Å². The SMILES string of the molecule is CC(C)(C)OC(=O)CC1CC(COC(c2ccccc2)(c2ccccc2)c2ccccc2)OB(c2cccc3ccccc23)O1. The van der Waals surface area contributed by atoms with Gasteiger partial charge in [-0.25, -0.2) is 0 Å². The highest BCUT2D eigenvalue weighted by atomic mass is 16.6. The summed E-state index contributed by atoms with van der Waals surface area (Å²) in [6, 6.07) is 45.2. The third-order valence-electron chi connectivity index (χ3n) is 8.08. The Morgan fingerprint density at radius 2 is 1.20 bits per heavy atom. The fourth-order valence-electron chi connectivity index (χ4n) is 6.18. The van der Waals surface area contributed by atoms with Crippen LogP contribution in [0.2, 0.25) is 0 Å². The lowest BCUT2D eigenvalue weighted by atomic mass is 9.73. The monoisotopic (exact) mass is 598 g/mol. The minimum absolute atomic E-state index is 0.125. The van der Waals surface area contributed by atoms with Crippen molar-refractivity contribution in [3.05, 3.63) is 150 Å². The summed E-state index contributed by atoms with van der Waals surface area (Å²) >= 11 is 0. The molecule has 1 aliphatic heterocycles. The van der Waals surface area contributed by atoms with Crippen molar-refractivity contribution in [1.82, 2.24) is 0 Å². The van der Waals surface area contributed by atoms with Gasteiger partial charge in [0, 0.05) is 0 Å². The Labute approximate surface area is 266 Å². The molecule has 0 spiro atoms. The van der Waals surface area contributed by atoms with Gasteiger partial charge in [-0.3, -0.25) is 4.79 Å². The van der Waals surface area contributed by atoms with Gasteiger partial charge in [-0.2, -0.15) is 0 Å². The highest BCUT2D eigenvalue weighted by molar-refractivity contribution is 6.64. The molecule has 6 rings (SSSR count). The molecule has 5 aromatic carbocycles. The van der Waals surface area contributed by atoms with Gasteiger partial charge in [-0.15, -0.1) is 0 Å². The number of carbonyl (C=O) groups excluding carboxylic acids is 1. The Hall–Kier alpha value is -4.23. The Balaban J connectivity index is 1.36. The summed E-state index contributed by atoms with van der Waals surface area (Å²) in [5, 5.41) is 2.15. The van der Waals surface area contributed by atoms with Crippen molar-refractivity contribution in [3.8, 4) is 0 Å². The first-order valence-corrected chi connectivity index (χ1v) is 15.6. The van der Waals surface area contributed by atoms with Crippen LogP contribution in [-0.4, -0.2) is 37.5 Å². The van der Waals surface area contributed by atoms with Crippen LogP contribution < -0.4 is 5.46 Å². The first kappa shape index (κ1) is 30.8. The molecule has 228 valence electrons. The van der Waals surface area contributed by atoms with Crippen molar-refractivity contribution in [2.24, 2.45) is 0 Å². The zero-order chi connectivity index (χ0) is 31.3. The van der Waals surface area contributed by atoms with Crippen molar-refractivity contribution >= 4 is 29.3 Å². The maximum absolute atomic E-state index is 13.0. The van der Waals surface area contributed by atoms with Gasteiger partial charge >= 0.3 is 13.1 Å². The van der Waals surface area contributed by atoms with Crippen LogP contribution in [0.3, 0.4) is 0 Å². The predicted octanol–water partition coefficient (Wildman–Crippen LogP) is 7.45. The van der Waals surface area contributed by atoms with Crippen molar-refractivity contribution in [2.75, 3.05) is 6.61 Å². The van der Waals surface area contributed by atoms with Gasteiger partial charge in [-0.05, 0) is 60.1 Å². The number of rotatable bonds is 9. The second-order valence-corrected chi connectivity index (χ2v) is 12.5. The number of ether oxygens (including phenoxy) is 2.